The third kappa shape index (κ3) is 2.48. The Balaban J connectivity index is 2.03. The van der Waals surface area contributed by atoms with Gasteiger partial charge >= 0.3 is 0 Å². The normalized spacial score (nSPS) is 19.8. The predicted octanol–water partition coefficient (Wildman–Crippen LogP) is 0.320. The summed E-state index contributed by atoms with van der Waals surface area (Å²) in [6.45, 7) is 3.37. The molecule has 1 aromatic rings. The average molecular weight is 223 g/mol. The summed E-state index contributed by atoms with van der Waals surface area (Å²) in [5, 5.41) is 18.7. The van der Waals surface area contributed by atoms with Crippen LogP contribution >= 0.6 is 0 Å². The number of aliphatic hydroxyl groups is 2. The van der Waals surface area contributed by atoms with E-state index in [9.17, 15) is 5.11 Å². The van der Waals surface area contributed by atoms with E-state index in [0.29, 0.717) is 11.5 Å². The highest BCUT2D eigenvalue weighted by molar-refractivity contribution is 5.30. The van der Waals surface area contributed by atoms with E-state index in [0.717, 1.165) is 25.9 Å². The lowest BCUT2D eigenvalue weighted by atomic mass is 9.94. The molecule has 1 aliphatic rings. The maximum absolute atomic E-state index is 9.82. The number of hydrogen-bond acceptors (Lipinski definition) is 5. The van der Waals surface area contributed by atoms with Crippen molar-refractivity contribution >= 4 is 5.95 Å². The zero-order valence-electron chi connectivity index (χ0n) is 9.43. The molecule has 0 spiro atoms. The zero-order chi connectivity index (χ0) is 11.6. The Morgan fingerprint density at radius 2 is 1.88 bits per heavy atom. The molecule has 0 amide bonds. The highest BCUT2D eigenvalue weighted by Crippen LogP contribution is 2.23. The summed E-state index contributed by atoms with van der Waals surface area (Å²) in [4.78, 5) is 10.4. The van der Waals surface area contributed by atoms with Crippen LogP contribution in [0.5, 0.6) is 0 Å². The molecule has 0 atom stereocenters. The first-order valence-electron chi connectivity index (χ1n) is 5.50. The van der Waals surface area contributed by atoms with Crippen molar-refractivity contribution in [3.8, 4) is 0 Å². The molecule has 1 saturated heterocycles. The zero-order valence-corrected chi connectivity index (χ0v) is 9.43. The van der Waals surface area contributed by atoms with Crippen molar-refractivity contribution in [1.29, 1.82) is 0 Å². The maximum atomic E-state index is 9.82. The second-order valence-corrected chi connectivity index (χ2v) is 4.53. The number of aliphatic hydroxyl groups excluding tert-OH is 1. The number of rotatable bonds is 2. The summed E-state index contributed by atoms with van der Waals surface area (Å²) in [7, 11) is 0. The summed E-state index contributed by atoms with van der Waals surface area (Å²) in [5.41, 5.74) is 0.161. The second-order valence-electron chi connectivity index (χ2n) is 4.53. The van der Waals surface area contributed by atoms with E-state index in [4.69, 9.17) is 5.11 Å². The monoisotopic (exact) mass is 223 g/mol. The SMILES string of the molecule is CC1(O)CCN(c2ncc(CO)cn2)CC1. The molecular formula is C11H17N3O2. The van der Waals surface area contributed by atoms with Gasteiger partial charge in [0.05, 0.1) is 12.2 Å². The topological polar surface area (TPSA) is 69.5 Å². The van der Waals surface area contributed by atoms with E-state index in [2.05, 4.69) is 14.9 Å². The first-order chi connectivity index (χ1) is 7.61. The van der Waals surface area contributed by atoms with Crippen LogP contribution in [0.1, 0.15) is 25.3 Å². The molecule has 1 aliphatic heterocycles. The fourth-order valence-corrected chi connectivity index (χ4v) is 1.78. The van der Waals surface area contributed by atoms with Crippen LogP contribution in [0, 0.1) is 0 Å². The number of aromatic nitrogens is 2. The molecule has 2 heterocycles. The first kappa shape index (κ1) is 11.3. The van der Waals surface area contributed by atoms with Crippen LogP contribution in [0.2, 0.25) is 0 Å². The minimum absolute atomic E-state index is 0.0327. The number of hydrogen-bond donors (Lipinski definition) is 2. The van der Waals surface area contributed by atoms with Crippen molar-refractivity contribution in [2.24, 2.45) is 0 Å². The van der Waals surface area contributed by atoms with E-state index < -0.39 is 5.60 Å². The molecule has 0 saturated carbocycles. The summed E-state index contributed by atoms with van der Waals surface area (Å²) < 4.78 is 0. The Hall–Kier alpha value is -1.20. The van der Waals surface area contributed by atoms with Gasteiger partial charge in [-0.15, -0.1) is 0 Å². The number of anilines is 1. The molecular weight excluding hydrogens is 206 g/mol. The van der Waals surface area contributed by atoms with Gasteiger partial charge in [-0.05, 0) is 19.8 Å². The first-order valence-corrected chi connectivity index (χ1v) is 5.50. The fourth-order valence-electron chi connectivity index (χ4n) is 1.78. The maximum Gasteiger partial charge on any atom is 0.225 e. The molecule has 2 rings (SSSR count). The van der Waals surface area contributed by atoms with E-state index in [1.54, 1.807) is 12.4 Å². The van der Waals surface area contributed by atoms with Crippen molar-refractivity contribution in [3.63, 3.8) is 0 Å². The van der Waals surface area contributed by atoms with Gasteiger partial charge in [0.25, 0.3) is 0 Å². The van der Waals surface area contributed by atoms with Crippen LogP contribution < -0.4 is 4.90 Å². The standard InChI is InChI=1S/C11H17N3O2/c1-11(16)2-4-14(5-3-11)10-12-6-9(8-15)7-13-10/h6-7,15-16H,2-5,8H2,1H3. The number of piperidine rings is 1. The summed E-state index contributed by atoms with van der Waals surface area (Å²) in [6.07, 6.45) is 4.74. The minimum atomic E-state index is -0.554. The third-order valence-electron chi connectivity index (χ3n) is 3.00. The van der Waals surface area contributed by atoms with E-state index in [1.165, 1.54) is 0 Å². The van der Waals surface area contributed by atoms with Gasteiger partial charge in [0.2, 0.25) is 5.95 Å². The second kappa shape index (κ2) is 4.35. The van der Waals surface area contributed by atoms with Crippen molar-refractivity contribution in [2.45, 2.75) is 32.0 Å². The molecule has 5 nitrogen and oxygen atoms in total. The number of nitrogens with zero attached hydrogens (tertiary/aromatic N) is 3. The molecule has 2 N–H and O–H groups in total. The van der Waals surface area contributed by atoms with Gasteiger partial charge in [-0.1, -0.05) is 0 Å². The van der Waals surface area contributed by atoms with Gasteiger partial charge in [0.1, 0.15) is 0 Å². The largest absolute Gasteiger partial charge is 0.392 e. The lowest BCUT2D eigenvalue weighted by molar-refractivity contribution is 0.0349. The third-order valence-corrected chi connectivity index (χ3v) is 3.00. The van der Waals surface area contributed by atoms with Crippen molar-refractivity contribution in [3.05, 3.63) is 18.0 Å². The molecule has 1 aromatic heterocycles. The molecule has 0 aliphatic carbocycles. The molecule has 1 fully saturated rings. The summed E-state index contributed by atoms with van der Waals surface area (Å²) in [5.74, 6) is 0.674. The minimum Gasteiger partial charge on any atom is -0.392 e. The van der Waals surface area contributed by atoms with Gasteiger partial charge in [0.15, 0.2) is 0 Å². The van der Waals surface area contributed by atoms with E-state index >= 15 is 0 Å². The van der Waals surface area contributed by atoms with E-state index in [1.807, 2.05) is 6.92 Å². The van der Waals surface area contributed by atoms with Gasteiger partial charge in [-0.25, -0.2) is 9.97 Å². The molecule has 5 heteroatoms. The molecule has 0 unspecified atom stereocenters. The van der Waals surface area contributed by atoms with E-state index in [-0.39, 0.29) is 6.61 Å². The molecule has 88 valence electrons. The van der Waals surface area contributed by atoms with Gasteiger partial charge in [-0.2, -0.15) is 0 Å². The van der Waals surface area contributed by atoms with Crippen LogP contribution in [0.3, 0.4) is 0 Å². The molecule has 0 bridgehead atoms. The highest BCUT2D eigenvalue weighted by Gasteiger charge is 2.28. The quantitative estimate of drug-likeness (QED) is 0.755. The van der Waals surface area contributed by atoms with Crippen molar-refractivity contribution in [2.75, 3.05) is 18.0 Å². The van der Waals surface area contributed by atoms with Crippen LogP contribution in [-0.2, 0) is 6.61 Å². The van der Waals surface area contributed by atoms with Gasteiger partial charge in [0, 0.05) is 31.0 Å². The highest BCUT2D eigenvalue weighted by atomic mass is 16.3. The Morgan fingerprint density at radius 1 is 1.31 bits per heavy atom. The molecule has 16 heavy (non-hydrogen) atoms. The van der Waals surface area contributed by atoms with Crippen molar-refractivity contribution < 1.29 is 10.2 Å². The van der Waals surface area contributed by atoms with Gasteiger partial charge < -0.3 is 15.1 Å². The summed E-state index contributed by atoms with van der Waals surface area (Å²) in [6, 6.07) is 0. The van der Waals surface area contributed by atoms with Crippen LogP contribution in [0.15, 0.2) is 12.4 Å². The van der Waals surface area contributed by atoms with Gasteiger partial charge in [-0.3, -0.25) is 0 Å². The average Bonchev–Trinajstić information content (AvgIpc) is 2.29. The van der Waals surface area contributed by atoms with Crippen molar-refractivity contribution in [1.82, 2.24) is 9.97 Å². The fraction of sp³-hybridized carbons (Fsp3) is 0.636. The Bertz CT molecular complexity index is 341. The van der Waals surface area contributed by atoms with Crippen LogP contribution in [-0.4, -0.2) is 38.9 Å². The molecule has 0 aromatic carbocycles. The predicted molar refractivity (Wildman–Crippen MR) is 60.0 cm³/mol. The summed E-state index contributed by atoms with van der Waals surface area (Å²) >= 11 is 0. The Labute approximate surface area is 94.8 Å². The Kier molecular flexibility index (Phi) is 3.07. The molecule has 0 radical (unpaired) electrons. The lowest BCUT2D eigenvalue weighted by Gasteiger charge is -2.35. The van der Waals surface area contributed by atoms with Crippen LogP contribution in [0.25, 0.3) is 0 Å². The Morgan fingerprint density at radius 3 is 2.38 bits per heavy atom. The lowest BCUT2D eigenvalue weighted by Crippen LogP contribution is -2.43. The smallest absolute Gasteiger partial charge is 0.225 e. The van der Waals surface area contributed by atoms with Crippen LogP contribution in [0.4, 0.5) is 5.95 Å².